The maximum atomic E-state index is 12.7. The van der Waals surface area contributed by atoms with Gasteiger partial charge in [0.25, 0.3) is 0 Å². The zero-order chi connectivity index (χ0) is 19.8. The summed E-state index contributed by atoms with van der Waals surface area (Å²) in [6, 6.07) is 6.48. The number of nitrogens with one attached hydrogen (secondary N) is 1. The molecule has 0 fully saturated rings. The molecule has 0 saturated heterocycles. The first-order chi connectivity index (χ1) is 12.7. The number of carbonyl (C=O) groups is 1. The summed E-state index contributed by atoms with van der Waals surface area (Å²) in [5, 5.41) is 7.11. The van der Waals surface area contributed by atoms with E-state index in [-0.39, 0.29) is 11.6 Å². The fourth-order valence-electron chi connectivity index (χ4n) is 2.75. The van der Waals surface area contributed by atoms with Gasteiger partial charge in [-0.2, -0.15) is 13.2 Å². The van der Waals surface area contributed by atoms with Crippen LogP contribution in [0.5, 0.6) is 0 Å². The van der Waals surface area contributed by atoms with E-state index in [0.29, 0.717) is 34.0 Å². The Labute approximate surface area is 157 Å². The number of anilines is 1. The lowest BCUT2D eigenvalue weighted by molar-refractivity contribution is -0.137. The second-order valence-corrected chi connectivity index (χ2v) is 6.92. The van der Waals surface area contributed by atoms with Gasteiger partial charge < -0.3 is 9.84 Å². The zero-order valence-electron chi connectivity index (χ0n) is 14.7. The van der Waals surface area contributed by atoms with Gasteiger partial charge in [-0.25, -0.2) is 4.98 Å². The third kappa shape index (κ3) is 4.02. The van der Waals surface area contributed by atoms with E-state index in [1.165, 1.54) is 5.38 Å². The molecule has 0 aliphatic carbocycles. The summed E-state index contributed by atoms with van der Waals surface area (Å²) in [5.74, 6) is -0.0940. The fourth-order valence-corrected chi connectivity index (χ4v) is 3.45. The first kappa shape index (κ1) is 19.1. The van der Waals surface area contributed by atoms with E-state index in [2.05, 4.69) is 15.5 Å². The van der Waals surface area contributed by atoms with Gasteiger partial charge in [-0.05, 0) is 32.9 Å². The van der Waals surface area contributed by atoms with Crippen LogP contribution in [0.15, 0.2) is 34.2 Å². The van der Waals surface area contributed by atoms with Gasteiger partial charge in [0.05, 0.1) is 17.3 Å². The standard InChI is InChI=1S/C18H16F3N3O2S/c1-9(15-10(2)24-26-11(15)3)16(25)22-13-6-4-12(5-7-13)14-8-27-17(23-14)18(19,20)21/h4-9H,1-3H3,(H,22,25). The van der Waals surface area contributed by atoms with Gasteiger partial charge in [0.2, 0.25) is 5.91 Å². The van der Waals surface area contributed by atoms with Crippen LogP contribution >= 0.6 is 11.3 Å². The van der Waals surface area contributed by atoms with E-state index in [0.717, 1.165) is 5.56 Å². The summed E-state index contributed by atoms with van der Waals surface area (Å²) in [4.78, 5) is 16.1. The van der Waals surface area contributed by atoms with Gasteiger partial charge in [-0.15, -0.1) is 11.3 Å². The highest BCUT2D eigenvalue weighted by Crippen LogP contribution is 2.34. The first-order valence-electron chi connectivity index (χ1n) is 8.03. The number of hydrogen-bond acceptors (Lipinski definition) is 5. The molecule has 0 saturated carbocycles. The summed E-state index contributed by atoms with van der Waals surface area (Å²) in [7, 11) is 0. The van der Waals surface area contributed by atoms with Crippen molar-refractivity contribution < 1.29 is 22.5 Å². The van der Waals surface area contributed by atoms with Crippen LogP contribution in [-0.2, 0) is 11.0 Å². The maximum Gasteiger partial charge on any atom is 0.443 e. The Bertz CT molecular complexity index is 942. The zero-order valence-corrected chi connectivity index (χ0v) is 15.5. The second-order valence-electron chi connectivity index (χ2n) is 6.06. The van der Waals surface area contributed by atoms with E-state index < -0.39 is 17.1 Å². The van der Waals surface area contributed by atoms with Crippen molar-refractivity contribution in [1.82, 2.24) is 10.1 Å². The molecule has 142 valence electrons. The molecule has 3 rings (SSSR count). The summed E-state index contributed by atoms with van der Waals surface area (Å²) in [5.41, 5.74) is 2.72. The Morgan fingerprint density at radius 3 is 2.41 bits per heavy atom. The highest BCUT2D eigenvalue weighted by atomic mass is 32.1. The molecule has 9 heteroatoms. The Morgan fingerprint density at radius 1 is 1.22 bits per heavy atom. The number of thiazole rings is 1. The van der Waals surface area contributed by atoms with E-state index in [1.54, 1.807) is 45.0 Å². The molecule has 0 aliphatic rings. The lowest BCUT2D eigenvalue weighted by Crippen LogP contribution is -2.19. The number of alkyl halides is 3. The fraction of sp³-hybridized carbons (Fsp3) is 0.278. The number of aryl methyl sites for hydroxylation is 2. The third-order valence-electron chi connectivity index (χ3n) is 4.11. The number of hydrogen-bond donors (Lipinski definition) is 1. The molecule has 1 amide bonds. The van der Waals surface area contributed by atoms with Gasteiger partial charge in [0, 0.05) is 22.2 Å². The smallest absolute Gasteiger partial charge is 0.361 e. The van der Waals surface area contributed by atoms with Crippen molar-refractivity contribution in [2.75, 3.05) is 5.32 Å². The predicted molar refractivity (Wildman–Crippen MR) is 95.6 cm³/mol. The molecule has 0 aliphatic heterocycles. The molecule has 27 heavy (non-hydrogen) atoms. The van der Waals surface area contributed by atoms with Crippen LogP contribution in [0.25, 0.3) is 11.3 Å². The van der Waals surface area contributed by atoms with E-state index >= 15 is 0 Å². The van der Waals surface area contributed by atoms with Gasteiger partial charge in [0.1, 0.15) is 5.76 Å². The Morgan fingerprint density at radius 2 is 1.89 bits per heavy atom. The average molecular weight is 395 g/mol. The van der Waals surface area contributed by atoms with Crippen molar-refractivity contribution in [3.05, 3.63) is 51.7 Å². The van der Waals surface area contributed by atoms with Crippen molar-refractivity contribution in [3.63, 3.8) is 0 Å². The molecule has 2 heterocycles. The molecule has 2 aromatic heterocycles. The molecule has 1 atom stereocenters. The van der Waals surface area contributed by atoms with Crippen LogP contribution in [0.2, 0.25) is 0 Å². The highest BCUT2D eigenvalue weighted by Gasteiger charge is 2.34. The quantitative estimate of drug-likeness (QED) is 0.661. The SMILES string of the molecule is Cc1noc(C)c1C(C)C(=O)Nc1ccc(-c2csc(C(F)(F)F)n2)cc1. The highest BCUT2D eigenvalue weighted by molar-refractivity contribution is 7.10. The number of benzene rings is 1. The minimum absolute atomic E-state index is 0.231. The Hall–Kier alpha value is -2.68. The Balaban J connectivity index is 1.72. The van der Waals surface area contributed by atoms with Crippen LogP contribution in [0.3, 0.4) is 0 Å². The summed E-state index contributed by atoms with van der Waals surface area (Å²) in [6.45, 7) is 5.27. The van der Waals surface area contributed by atoms with Crippen LogP contribution in [0, 0.1) is 13.8 Å². The van der Waals surface area contributed by atoms with Gasteiger partial charge in [-0.1, -0.05) is 17.3 Å². The van der Waals surface area contributed by atoms with Crippen LogP contribution in [0.4, 0.5) is 18.9 Å². The number of rotatable bonds is 4. The number of nitrogens with zero attached hydrogens (tertiary/aromatic N) is 2. The normalized spacial score (nSPS) is 12.8. The average Bonchev–Trinajstić information content (AvgIpc) is 3.22. The molecule has 5 nitrogen and oxygen atoms in total. The number of halogens is 3. The first-order valence-corrected chi connectivity index (χ1v) is 8.91. The third-order valence-corrected chi connectivity index (χ3v) is 5.00. The van der Waals surface area contributed by atoms with Crippen LogP contribution in [-0.4, -0.2) is 16.0 Å². The molecular weight excluding hydrogens is 379 g/mol. The minimum Gasteiger partial charge on any atom is -0.361 e. The molecule has 0 spiro atoms. The number of aromatic nitrogens is 2. The van der Waals surface area contributed by atoms with Crippen LogP contribution in [0.1, 0.15) is 34.9 Å². The van der Waals surface area contributed by atoms with Crippen molar-refractivity contribution in [1.29, 1.82) is 0 Å². The molecule has 1 unspecified atom stereocenters. The monoisotopic (exact) mass is 395 g/mol. The minimum atomic E-state index is -4.45. The molecule has 0 radical (unpaired) electrons. The summed E-state index contributed by atoms with van der Waals surface area (Å²) in [6.07, 6.45) is -4.45. The molecular formula is C18H16F3N3O2S. The lowest BCUT2D eigenvalue weighted by atomic mass is 9.98. The summed E-state index contributed by atoms with van der Waals surface area (Å²) >= 11 is 0.551. The molecule has 1 aromatic carbocycles. The number of amides is 1. The maximum absolute atomic E-state index is 12.7. The van der Waals surface area contributed by atoms with Crippen LogP contribution < -0.4 is 5.32 Å². The second kappa shape index (κ2) is 7.15. The largest absolute Gasteiger partial charge is 0.443 e. The van der Waals surface area contributed by atoms with Gasteiger partial charge >= 0.3 is 6.18 Å². The van der Waals surface area contributed by atoms with E-state index in [1.807, 2.05) is 0 Å². The van der Waals surface area contributed by atoms with E-state index in [9.17, 15) is 18.0 Å². The number of carbonyl (C=O) groups excluding carboxylic acids is 1. The van der Waals surface area contributed by atoms with Crippen molar-refractivity contribution in [3.8, 4) is 11.3 Å². The van der Waals surface area contributed by atoms with Gasteiger partial charge in [-0.3, -0.25) is 4.79 Å². The predicted octanol–water partition coefficient (Wildman–Crippen LogP) is 5.18. The van der Waals surface area contributed by atoms with Gasteiger partial charge in [0.15, 0.2) is 5.01 Å². The molecule has 0 bridgehead atoms. The van der Waals surface area contributed by atoms with Crippen molar-refractivity contribution in [2.24, 2.45) is 0 Å². The Kier molecular flexibility index (Phi) is 5.05. The topological polar surface area (TPSA) is 68.0 Å². The van der Waals surface area contributed by atoms with E-state index in [4.69, 9.17) is 4.52 Å². The summed E-state index contributed by atoms with van der Waals surface area (Å²) < 4.78 is 43.1. The molecule has 1 N–H and O–H groups in total. The van der Waals surface area contributed by atoms with Crippen molar-refractivity contribution >= 4 is 22.9 Å². The molecule has 3 aromatic rings. The van der Waals surface area contributed by atoms with Crippen molar-refractivity contribution in [2.45, 2.75) is 32.9 Å². The lowest BCUT2D eigenvalue weighted by Gasteiger charge is -2.12.